The second-order valence-corrected chi connectivity index (χ2v) is 7.62. The lowest BCUT2D eigenvalue weighted by Crippen LogP contribution is -2.67. The SMILES string of the molecule is CCC1(C)CN(Cc2ccc(Cl)cc2)C2(CCCC2)CN1. The van der Waals surface area contributed by atoms with Crippen molar-refractivity contribution in [2.75, 3.05) is 13.1 Å². The third-order valence-corrected chi connectivity index (χ3v) is 5.91. The van der Waals surface area contributed by atoms with Crippen LogP contribution in [0.3, 0.4) is 0 Å². The van der Waals surface area contributed by atoms with Crippen LogP contribution in [0.4, 0.5) is 0 Å². The van der Waals surface area contributed by atoms with Crippen molar-refractivity contribution in [1.82, 2.24) is 10.2 Å². The normalized spacial score (nSPS) is 29.1. The first kappa shape index (κ1) is 15.3. The van der Waals surface area contributed by atoms with Crippen molar-refractivity contribution in [3.63, 3.8) is 0 Å². The number of nitrogens with zero attached hydrogens (tertiary/aromatic N) is 1. The standard InChI is InChI=1S/C18H27ClN2/c1-3-17(2)14-21(12-15-6-8-16(19)9-7-15)18(13-20-17)10-4-5-11-18/h6-9,20H,3-5,10-14H2,1-2H3. The van der Waals surface area contributed by atoms with Crippen molar-refractivity contribution >= 4 is 11.6 Å². The number of piperazine rings is 1. The van der Waals surface area contributed by atoms with Crippen LogP contribution in [0.25, 0.3) is 0 Å². The van der Waals surface area contributed by atoms with Crippen LogP contribution in [-0.2, 0) is 6.54 Å². The number of hydrogen-bond donors (Lipinski definition) is 1. The first-order valence-electron chi connectivity index (χ1n) is 8.30. The minimum atomic E-state index is 0.250. The Hall–Kier alpha value is -0.570. The van der Waals surface area contributed by atoms with Gasteiger partial charge in [0, 0.05) is 35.7 Å². The van der Waals surface area contributed by atoms with Crippen molar-refractivity contribution in [3.05, 3.63) is 34.9 Å². The van der Waals surface area contributed by atoms with E-state index in [-0.39, 0.29) is 5.54 Å². The monoisotopic (exact) mass is 306 g/mol. The van der Waals surface area contributed by atoms with Crippen LogP contribution < -0.4 is 5.32 Å². The molecule has 1 aromatic rings. The molecule has 1 saturated carbocycles. The average molecular weight is 307 g/mol. The number of hydrogen-bond acceptors (Lipinski definition) is 2. The van der Waals surface area contributed by atoms with Crippen LogP contribution in [0.2, 0.25) is 5.02 Å². The van der Waals surface area contributed by atoms with Gasteiger partial charge in [-0.05, 0) is 43.9 Å². The average Bonchev–Trinajstić information content (AvgIpc) is 2.96. The maximum atomic E-state index is 6.02. The Morgan fingerprint density at radius 3 is 2.48 bits per heavy atom. The van der Waals surface area contributed by atoms with Gasteiger partial charge in [-0.3, -0.25) is 4.90 Å². The molecule has 2 nitrogen and oxygen atoms in total. The molecule has 1 unspecified atom stereocenters. The molecule has 1 aliphatic heterocycles. The van der Waals surface area contributed by atoms with Gasteiger partial charge in [-0.2, -0.15) is 0 Å². The van der Waals surface area contributed by atoms with Gasteiger partial charge in [0.2, 0.25) is 0 Å². The van der Waals surface area contributed by atoms with Crippen LogP contribution in [0.1, 0.15) is 51.5 Å². The van der Waals surface area contributed by atoms with Gasteiger partial charge in [-0.1, -0.05) is 43.5 Å². The van der Waals surface area contributed by atoms with E-state index < -0.39 is 0 Å². The third kappa shape index (κ3) is 3.13. The summed E-state index contributed by atoms with van der Waals surface area (Å²) in [5, 5.41) is 4.67. The fraction of sp³-hybridized carbons (Fsp3) is 0.667. The van der Waals surface area contributed by atoms with Crippen molar-refractivity contribution in [2.45, 2.75) is 63.6 Å². The molecule has 2 aliphatic rings. The Balaban J connectivity index is 1.81. The molecule has 3 rings (SSSR count). The molecule has 0 bridgehead atoms. The quantitative estimate of drug-likeness (QED) is 0.899. The van der Waals surface area contributed by atoms with E-state index in [1.54, 1.807) is 0 Å². The Morgan fingerprint density at radius 2 is 1.86 bits per heavy atom. The molecule has 1 atom stereocenters. The molecule has 0 radical (unpaired) electrons. The minimum absolute atomic E-state index is 0.250. The lowest BCUT2D eigenvalue weighted by Gasteiger charge is -2.52. The van der Waals surface area contributed by atoms with Gasteiger partial charge < -0.3 is 5.32 Å². The van der Waals surface area contributed by atoms with Gasteiger partial charge in [-0.25, -0.2) is 0 Å². The minimum Gasteiger partial charge on any atom is -0.308 e. The highest BCUT2D eigenvalue weighted by atomic mass is 35.5. The van der Waals surface area contributed by atoms with Gasteiger partial charge >= 0.3 is 0 Å². The van der Waals surface area contributed by atoms with Crippen molar-refractivity contribution in [1.29, 1.82) is 0 Å². The van der Waals surface area contributed by atoms with Crippen LogP contribution in [0.5, 0.6) is 0 Å². The molecule has 21 heavy (non-hydrogen) atoms. The molecule has 1 saturated heterocycles. The van der Waals surface area contributed by atoms with Crippen LogP contribution in [0.15, 0.2) is 24.3 Å². The topological polar surface area (TPSA) is 15.3 Å². The predicted molar refractivity (Wildman–Crippen MR) is 89.8 cm³/mol. The summed E-state index contributed by atoms with van der Waals surface area (Å²) in [4.78, 5) is 2.75. The van der Waals surface area contributed by atoms with Crippen LogP contribution in [0, 0.1) is 0 Å². The maximum Gasteiger partial charge on any atom is 0.0406 e. The molecular weight excluding hydrogens is 280 g/mol. The molecular formula is C18H27ClN2. The number of rotatable bonds is 3. The highest BCUT2D eigenvalue weighted by Gasteiger charge is 2.46. The van der Waals surface area contributed by atoms with Crippen molar-refractivity contribution in [2.24, 2.45) is 0 Å². The third-order valence-electron chi connectivity index (χ3n) is 5.66. The number of nitrogens with one attached hydrogen (secondary N) is 1. The molecule has 1 N–H and O–H groups in total. The summed E-state index contributed by atoms with van der Waals surface area (Å²) in [6, 6.07) is 8.38. The molecule has 3 heteroatoms. The predicted octanol–water partition coefficient (Wildman–Crippen LogP) is 4.23. The van der Waals surface area contributed by atoms with E-state index in [0.29, 0.717) is 5.54 Å². The summed E-state index contributed by atoms with van der Waals surface area (Å²) in [6.07, 6.45) is 6.62. The van der Waals surface area contributed by atoms with Gasteiger partial charge in [0.05, 0.1) is 0 Å². The summed E-state index contributed by atoms with van der Waals surface area (Å²) >= 11 is 6.02. The summed E-state index contributed by atoms with van der Waals surface area (Å²) in [5.41, 5.74) is 2.01. The second kappa shape index (κ2) is 5.91. The van der Waals surface area contributed by atoms with E-state index in [9.17, 15) is 0 Å². The summed E-state index contributed by atoms with van der Waals surface area (Å²) in [6.45, 7) is 8.00. The first-order chi connectivity index (χ1) is 10.1. The Labute approximate surface area is 133 Å². The molecule has 0 amide bonds. The highest BCUT2D eigenvalue weighted by Crippen LogP contribution is 2.39. The molecule has 1 aliphatic carbocycles. The molecule has 2 fully saturated rings. The van der Waals surface area contributed by atoms with Crippen molar-refractivity contribution in [3.8, 4) is 0 Å². The Kier molecular flexibility index (Phi) is 4.31. The fourth-order valence-corrected chi connectivity index (χ4v) is 4.06. The van der Waals surface area contributed by atoms with Crippen molar-refractivity contribution < 1.29 is 0 Å². The molecule has 1 heterocycles. The largest absolute Gasteiger partial charge is 0.308 e. The van der Waals surface area contributed by atoms with Gasteiger partial charge in [0.15, 0.2) is 0 Å². The van der Waals surface area contributed by atoms with E-state index in [0.717, 1.165) is 24.7 Å². The zero-order chi connectivity index (χ0) is 14.9. The second-order valence-electron chi connectivity index (χ2n) is 7.18. The maximum absolute atomic E-state index is 6.02. The van der Waals surface area contributed by atoms with E-state index in [2.05, 4.69) is 36.2 Å². The van der Waals surface area contributed by atoms with Crippen LogP contribution >= 0.6 is 11.6 Å². The zero-order valence-corrected chi connectivity index (χ0v) is 14.0. The number of halogens is 1. The summed E-state index contributed by atoms with van der Waals surface area (Å²) in [7, 11) is 0. The van der Waals surface area contributed by atoms with Gasteiger partial charge in [-0.15, -0.1) is 0 Å². The first-order valence-corrected chi connectivity index (χ1v) is 8.68. The lowest BCUT2D eigenvalue weighted by molar-refractivity contribution is 0.00533. The van der Waals surface area contributed by atoms with E-state index >= 15 is 0 Å². The number of benzene rings is 1. The van der Waals surface area contributed by atoms with E-state index in [1.807, 2.05) is 12.1 Å². The highest BCUT2D eigenvalue weighted by molar-refractivity contribution is 6.30. The van der Waals surface area contributed by atoms with Gasteiger partial charge in [0.25, 0.3) is 0 Å². The zero-order valence-electron chi connectivity index (χ0n) is 13.3. The smallest absolute Gasteiger partial charge is 0.0406 e. The van der Waals surface area contributed by atoms with Crippen LogP contribution in [-0.4, -0.2) is 29.1 Å². The Morgan fingerprint density at radius 1 is 1.19 bits per heavy atom. The van der Waals surface area contributed by atoms with E-state index in [4.69, 9.17) is 11.6 Å². The molecule has 116 valence electrons. The molecule has 0 aromatic heterocycles. The molecule has 1 aromatic carbocycles. The summed E-state index contributed by atoms with van der Waals surface area (Å²) < 4.78 is 0. The molecule has 1 spiro atoms. The fourth-order valence-electron chi connectivity index (χ4n) is 3.93. The Bertz CT molecular complexity index is 478. The lowest BCUT2D eigenvalue weighted by atomic mass is 9.84. The van der Waals surface area contributed by atoms with Gasteiger partial charge in [0.1, 0.15) is 0 Å². The van der Waals surface area contributed by atoms with E-state index in [1.165, 1.54) is 37.7 Å². The summed E-state index contributed by atoms with van der Waals surface area (Å²) in [5.74, 6) is 0.